The topological polar surface area (TPSA) is 50.4 Å². The Morgan fingerprint density at radius 1 is 1.38 bits per heavy atom. The Labute approximate surface area is 126 Å². The fraction of sp³-hybridized carbons (Fsp3) is 0.588. The first kappa shape index (κ1) is 14.4. The quantitative estimate of drug-likeness (QED) is 0.842. The van der Waals surface area contributed by atoms with E-state index in [2.05, 4.69) is 35.8 Å². The number of aryl methyl sites for hydroxylation is 1. The molecule has 1 saturated heterocycles. The predicted molar refractivity (Wildman–Crippen MR) is 82.2 cm³/mol. The maximum absolute atomic E-state index is 12.1. The highest BCUT2D eigenvalue weighted by Gasteiger charge is 2.23. The zero-order valence-corrected chi connectivity index (χ0v) is 12.7. The Bertz CT molecular complexity index is 506. The Balaban J connectivity index is 1.58. The fourth-order valence-electron chi connectivity index (χ4n) is 2.64. The van der Waals surface area contributed by atoms with Gasteiger partial charge in [-0.3, -0.25) is 4.79 Å². The Kier molecular flexibility index (Phi) is 4.44. The highest BCUT2D eigenvalue weighted by atomic mass is 16.5. The van der Waals surface area contributed by atoms with Crippen molar-refractivity contribution in [2.24, 2.45) is 11.8 Å². The molecule has 2 N–H and O–H groups in total. The van der Waals surface area contributed by atoms with Crippen LogP contribution in [0, 0.1) is 18.8 Å². The summed E-state index contributed by atoms with van der Waals surface area (Å²) in [6.45, 7) is 5.16. The second kappa shape index (κ2) is 6.48. The molecule has 3 rings (SSSR count). The van der Waals surface area contributed by atoms with E-state index in [9.17, 15) is 4.79 Å². The monoisotopic (exact) mass is 288 g/mol. The molecule has 1 amide bonds. The Morgan fingerprint density at radius 3 is 2.95 bits per heavy atom. The summed E-state index contributed by atoms with van der Waals surface area (Å²) < 4.78 is 5.94. The second-order valence-electron chi connectivity index (χ2n) is 6.27. The summed E-state index contributed by atoms with van der Waals surface area (Å²) in [6, 6.07) is 6.20. The summed E-state index contributed by atoms with van der Waals surface area (Å²) in [6.07, 6.45) is 3.50. The van der Waals surface area contributed by atoms with Crippen molar-refractivity contribution in [1.29, 1.82) is 0 Å². The number of amides is 1. The molecule has 0 radical (unpaired) electrons. The lowest BCUT2D eigenvalue weighted by Crippen LogP contribution is -2.31. The van der Waals surface area contributed by atoms with Gasteiger partial charge in [-0.2, -0.15) is 0 Å². The summed E-state index contributed by atoms with van der Waals surface area (Å²) >= 11 is 0. The minimum atomic E-state index is 0.117. The van der Waals surface area contributed by atoms with Gasteiger partial charge in [0.15, 0.2) is 0 Å². The van der Waals surface area contributed by atoms with Crippen LogP contribution in [0.2, 0.25) is 0 Å². The largest absolute Gasteiger partial charge is 0.493 e. The molecule has 114 valence electrons. The highest BCUT2D eigenvalue weighted by molar-refractivity contribution is 5.79. The molecule has 1 heterocycles. The molecular formula is C17H24N2O2. The van der Waals surface area contributed by atoms with Crippen LogP contribution < -0.4 is 15.4 Å². The van der Waals surface area contributed by atoms with Crippen molar-refractivity contribution in [2.45, 2.75) is 32.7 Å². The summed E-state index contributed by atoms with van der Waals surface area (Å²) in [5, 5.41) is 6.27. The first-order chi connectivity index (χ1) is 10.2. The van der Waals surface area contributed by atoms with E-state index in [0.717, 1.165) is 43.3 Å². The molecule has 2 aliphatic rings. The lowest BCUT2D eigenvalue weighted by molar-refractivity contribution is -0.124. The molecular weight excluding hydrogens is 264 g/mol. The van der Waals surface area contributed by atoms with Crippen molar-refractivity contribution in [2.75, 3.05) is 19.7 Å². The van der Waals surface area contributed by atoms with Crippen molar-refractivity contribution < 1.29 is 9.53 Å². The van der Waals surface area contributed by atoms with Crippen molar-refractivity contribution in [1.82, 2.24) is 10.6 Å². The van der Waals surface area contributed by atoms with E-state index in [4.69, 9.17) is 4.74 Å². The lowest BCUT2D eigenvalue weighted by atomic mass is 10.1. The summed E-state index contributed by atoms with van der Waals surface area (Å²) in [5.41, 5.74) is 2.26. The van der Waals surface area contributed by atoms with Crippen LogP contribution in [0.25, 0.3) is 0 Å². The zero-order valence-electron chi connectivity index (χ0n) is 12.7. The number of benzene rings is 1. The Morgan fingerprint density at radius 2 is 2.24 bits per heavy atom. The minimum absolute atomic E-state index is 0.117. The summed E-state index contributed by atoms with van der Waals surface area (Å²) in [5.74, 6) is 1.92. The molecule has 1 aromatic rings. The molecule has 0 aromatic heterocycles. The van der Waals surface area contributed by atoms with Gasteiger partial charge in [0.05, 0.1) is 12.5 Å². The smallest absolute Gasteiger partial charge is 0.224 e. The van der Waals surface area contributed by atoms with Crippen LogP contribution in [0.3, 0.4) is 0 Å². The van der Waals surface area contributed by atoms with Crippen molar-refractivity contribution in [3.63, 3.8) is 0 Å². The molecule has 1 unspecified atom stereocenters. The van der Waals surface area contributed by atoms with Gasteiger partial charge in [-0.25, -0.2) is 0 Å². The van der Waals surface area contributed by atoms with Gasteiger partial charge >= 0.3 is 0 Å². The molecule has 1 saturated carbocycles. The van der Waals surface area contributed by atoms with Crippen LogP contribution in [0.1, 0.15) is 30.4 Å². The van der Waals surface area contributed by atoms with Crippen molar-refractivity contribution in [3.8, 4) is 5.75 Å². The third kappa shape index (κ3) is 3.97. The van der Waals surface area contributed by atoms with Crippen LogP contribution in [-0.2, 0) is 11.3 Å². The van der Waals surface area contributed by atoms with E-state index in [1.165, 1.54) is 18.4 Å². The number of ether oxygens (including phenoxy) is 1. The average molecular weight is 288 g/mol. The van der Waals surface area contributed by atoms with Crippen LogP contribution >= 0.6 is 0 Å². The summed E-state index contributed by atoms with van der Waals surface area (Å²) in [7, 11) is 0. The van der Waals surface area contributed by atoms with E-state index in [1.807, 2.05) is 0 Å². The molecule has 21 heavy (non-hydrogen) atoms. The van der Waals surface area contributed by atoms with Gasteiger partial charge < -0.3 is 15.4 Å². The SMILES string of the molecule is Cc1ccc(CNC(=O)C2CCNC2)c(OCC2CC2)c1. The predicted octanol–water partition coefficient (Wildman–Crippen LogP) is 2.01. The third-order valence-electron chi connectivity index (χ3n) is 4.28. The molecule has 1 aliphatic carbocycles. The molecule has 4 heteroatoms. The number of rotatable bonds is 6. The second-order valence-corrected chi connectivity index (χ2v) is 6.27. The first-order valence-electron chi connectivity index (χ1n) is 7.93. The molecule has 4 nitrogen and oxygen atoms in total. The summed E-state index contributed by atoms with van der Waals surface area (Å²) in [4.78, 5) is 12.1. The van der Waals surface area contributed by atoms with Gasteiger partial charge in [0.25, 0.3) is 0 Å². The number of carbonyl (C=O) groups excluding carboxylic acids is 1. The third-order valence-corrected chi connectivity index (χ3v) is 4.28. The number of hydrogen-bond acceptors (Lipinski definition) is 3. The van der Waals surface area contributed by atoms with Crippen LogP contribution in [0.4, 0.5) is 0 Å². The van der Waals surface area contributed by atoms with E-state index in [-0.39, 0.29) is 11.8 Å². The number of hydrogen-bond donors (Lipinski definition) is 2. The van der Waals surface area contributed by atoms with Crippen LogP contribution in [0.15, 0.2) is 18.2 Å². The van der Waals surface area contributed by atoms with Crippen molar-refractivity contribution >= 4 is 5.91 Å². The fourth-order valence-corrected chi connectivity index (χ4v) is 2.64. The maximum atomic E-state index is 12.1. The van der Waals surface area contributed by atoms with Crippen LogP contribution in [-0.4, -0.2) is 25.6 Å². The van der Waals surface area contributed by atoms with Gasteiger partial charge in [0, 0.05) is 18.7 Å². The molecule has 0 bridgehead atoms. The van der Waals surface area contributed by atoms with E-state index in [0.29, 0.717) is 6.54 Å². The van der Waals surface area contributed by atoms with Gasteiger partial charge in [-0.15, -0.1) is 0 Å². The van der Waals surface area contributed by atoms with E-state index < -0.39 is 0 Å². The average Bonchev–Trinajstić information content (AvgIpc) is 3.15. The molecule has 1 aliphatic heterocycles. The Hall–Kier alpha value is -1.55. The lowest BCUT2D eigenvalue weighted by Gasteiger charge is -2.14. The highest BCUT2D eigenvalue weighted by Crippen LogP contribution is 2.30. The van der Waals surface area contributed by atoms with Crippen molar-refractivity contribution in [3.05, 3.63) is 29.3 Å². The standard InChI is InChI=1S/C17H24N2O2/c1-12-2-5-14(16(8-12)21-11-13-3-4-13)10-19-17(20)15-6-7-18-9-15/h2,5,8,13,15,18H,3-4,6-7,9-11H2,1H3,(H,19,20). The van der Waals surface area contributed by atoms with Gasteiger partial charge in [0.1, 0.15) is 5.75 Å². The molecule has 0 spiro atoms. The number of carbonyl (C=O) groups is 1. The van der Waals surface area contributed by atoms with Gasteiger partial charge in [-0.05, 0) is 50.3 Å². The zero-order chi connectivity index (χ0) is 14.7. The molecule has 1 aromatic carbocycles. The minimum Gasteiger partial charge on any atom is -0.493 e. The van der Waals surface area contributed by atoms with Gasteiger partial charge in [-0.1, -0.05) is 12.1 Å². The first-order valence-corrected chi connectivity index (χ1v) is 7.93. The maximum Gasteiger partial charge on any atom is 0.224 e. The van der Waals surface area contributed by atoms with Gasteiger partial charge in [0.2, 0.25) is 5.91 Å². The molecule has 2 fully saturated rings. The van der Waals surface area contributed by atoms with Crippen LogP contribution in [0.5, 0.6) is 5.75 Å². The normalized spacial score (nSPS) is 21.3. The van der Waals surface area contributed by atoms with E-state index >= 15 is 0 Å². The number of nitrogens with one attached hydrogen (secondary N) is 2. The molecule has 1 atom stereocenters. The van der Waals surface area contributed by atoms with E-state index in [1.54, 1.807) is 0 Å².